The van der Waals surface area contributed by atoms with Gasteiger partial charge in [-0.2, -0.15) is 0 Å². The van der Waals surface area contributed by atoms with E-state index in [1.807, 2.05) is 13.0 Å². The lowest BCUT2D eigenvalue weighted by atomic mass is 10.2. The summed E-state index contributed by atoms with van der Waals surface area (Å²) in [5, 5.41) is 0. The summed E-state index contributed by atoms with van der Waals surface area (Å²) in [6, 6.07) is 0. The zero-order chi connectivity index (χ0) is 9.94. The molecule has 13 heavy (non-hydrogen) atoms. The molecule has 0 heterocycles. The van der Waals surface area contributed by atoms with Gasteiger partial charge in [0.25, 0.3) is 0 Å². The minimum atomic E-state index is 0.755. The molecule has 0 fully saturated rings. The molecule has 0 aromatic rings. The first-order valence-corrected chi connectivity index (χ1v) is 4.97. The van der Waals surface area contributed by atoms with E-state index in [4.69, 9.17) is 5.73 Å². The number of unbranched alkanes of at least 4 members (excludes halogenated alkanes) is 1. The number of hydrogen-bond donors (Lipinski definition) is 1. The molecule has 2 nitrogen and oxygen atoms in total. The molecule has 0 amide bonds. The van der Waals surface area contributed by atoms with Crippen molar-refractivity contribution in [3.8, 4) is 0 Å². The molecule has 0 aromatic heterocycles. The highest BCUT2D eigenvalue weighted by atomic mass is 15.1. The third kappa shape index (κ3) is 9.31. The molecule has 76 valence electrons. The predicted molar refractivity (Wildman–Crippen MR) is 59.7 cm³/mol. The summed E-state index contributed by atoms with van der Waals surface area (Å²) in [6.07, 6.45) is 10.8. The molecular formula is C11H22N2. The summed E-state index contributed by atoms with van der Waals surface area (Å²) in [5.41, 5.74) is 5.43. The summed E-state index contributed by atoms with van der Waals surface area (Å²) in [6.45, 7) is 4.92. The van der Waals surface area contributed by atoms with Crippen LogP contribution in [0, 0.1) is 0 Å². The Labute approximate surface area is 82.1 Å². The normalized spacial score (nSPS) is 12.3. The molecule has 0 rings (SSSR count). The fourth-order valence-corrected chi connectivity index (χ4v) is 1.10. The largest absolute Gasteiger partial charge is 0.329 e. The highest BCUT2D eigenvalue weighted by molar-refractivity contribution is 5.00. The average Bonchev–Trinajstić information content (AvgIpc) is 2.11. The summed E-state index contributed by atoms with van der Waals surface area (Å²) in [4.78, 5) is 2.27. The number of likely N-dealkylation sites (N-methyl/N-ethyl adjacent to an activating group) is 1. The second-order valence-electron chi connectivity index (χ2n) is 3.19. The van der Waals surface area contributed by atoms with Gasteiger partial charge in [0, 0.05) is 13.1 Å². The number of hydrogen-bond acceptors (Lipinski definition) is 2. The monoisotopic (exact) mass is 182 g/mol. The standard InChI is InChI=1S/C11H22N2/c1-3-4-5-6-7-8-10-13(2)11-9-12/h3-6H,7-12H2,1-2H3. The Hall–Kier alpha value is -0.600. The van der Waals surface area contributed by atoms with Crippen LogP contribution < -0.4 is 5.73 Å². The Morgan fingerprint density at radius 2 is 2.00 bits per heavy atom. The van der Waals surface area contributed by atoms with Crippen LogP contribution in [0.1, 0.15) is 19.8 Å². The molecule has 0 aromatic carbocycles. The summed E-state index contributed by atoms with van der Waals surface area (Å²) in [7, 11) is 2.11. The second-order valence-corrected chi connectivity index (χ2v) is 3.19. The van der Waals surface area contributed by atoms with Crippen LogP contribution in [0.3, 0.4) is 0 Å². The van der Waals surface area contributed by atoms with Crippen LogP contribution in [0.25, 0.3) is 0 Å². The van der Waals surface area contributed by atoms with Gasteiger partial charge in [-0.25, -0.2) is 0 Å². The van der Waals surface area contributed by atoms with E-state index in [9.17, 15) is 0 Å². The highest BCUT2D eigenvalue weighted by Crippen LogP contribution is 1.94. The quantitative estimate of drug-likeness (QED) is 0.480. The zero-order valence-electron chi connectivity index (χ0n) is 8.87. The molecule has 0 aliphatic heterocycles. The molecular weight excluding hydrogens is 160 g/mol. The lowest BCUT2D eigenvalue weighted by molar-refractivity contribution is 0.339. The molecule has 0 aliphatic carbocycles. The Bertz CT molecular complexity index is 150. The van der Waals surface area contributed by atoms with E-state index < -0.39 is 0 Å². The maximum Gasteiger partial charge on any atom is 0.0102 e. The zero-order valence-corrected chi connectivity index (χ0v) is 8.87. The van der Waals surface area contributed by atoms with Crippen molar-refractivity contribution in [1.82, 2.24) is 4.90 Å². The molecule has 2 N–H and O–H groups in total. The van der Waals surface area contributed by atoms with Gasteiger partial charge in [0.2, 0.25) is 0 Å². The average molecular weight is 182 g/mol. The molecule has 0 saturated carbocycles. The van der Waals surface area contributed by atoms with Crippen LogP contribution in [0.5, 0.6) is 0 Å². The smallest absolute Gasteiger partial charge is 0.0102 e. The molecule has 0 spiro atoms. The topological polar surface area (TPSA) is 29.3 Å². The molecule has 0 saturated heterocycles. The number of rotatable bonds is 7. The van der Waals surface area contributed by atoms with Gasteiger partial charge in [0.15, 0.2) is 0 Å². The van der Waals surface area contributed by atoms with E-state index in [1.54, 1.807) is 0 Å². The van der Waals surface area contributed by atoms with Crippen LogP contribution in [0.2, 0.25) is 0 Å². The van der Waals surface area contributed by atoms with Crippen LogP contribution in [0.4, 0.5) is 0 Å². The SMILES string of the molecule is CC=CC=CCCCN(C)CCN. The van der Waals surface area contributed by atoms with Gasteiger partial charge < -0.3 is 10.6 Å². The van der Waals surface area contributed by atoms with Gasteiger partial charge >= 0.3 is 0 Å². The second kappa shape index (κ2) is 9.49. The molecule has 0 atom stereocenters. The van der Waals surface area contributed by atoms with Crippen molar-refractivity contribution >= 4 is 0 Å². The van der Waals surface area contributed by atoms with Gasteiger partial charge in [-0.3, -0.25) is 0 Å². The van der Waals surface area contributed by atoms with E-state index in [0.717, 1.165) is 26.1 Å². The van der Waals surface area contributed by atoms with Crippen molar-refractivity contribution in [2.75, 3.05) is 26.7 Å². The number of allylic oxidation sites excluding steroid dienone is 4. The van der Waals surface area contributed by atoms with E-state index >= 15 is 0 Å². The van der Waals surface area contributed by atoms with E-state index in [0.29, 0.717) is 0 Å². The van der Waals surface area contributed by atoms with Gasteiger partial charge in [-0.1, -0.05) is 24.3 Å². The van der Waals surface area contributed by atoms with Crippen molar-refractivity contribution in [1.29, 1.82) is 0 Å². The van der Waals surface area contributed by atoms with Gasteiger partial charge in [-0.15, -0.1) is 0 Å². The van der Waals surface area contributed by atoms with Crippen LogP contribution in [0.15, 0.2) is 24.3 Å². The Morgan fingerprint density at radius 1 is 1.23 bits per heavy atom. The lowest BCUT2D eigenvalue weighted by Gasteiger charge is -2.13. The van der Waals surface area contributed by atoms with Gasteiger partial charge in [-0.05, 0) is 33.4 Å². The van der Waals surface area contributed by atoms with E-state index in [-0.39, 0.29) is 0 Å². The lowest BCUT2D eigenvalue weighted by Crippen LogP contribution is -2.26. The molecule has 0 aliphatic rings. The Morgan fingerprint density at radius 3 is 2.62 bits per heavy atom. The summed E-state index contributed by atoms with van der Waals surface area (Å²) < 4.78 is 0. The fraction of sp³-hybridized carbons (Fsp3) is 0.636. The number of nitrogens with zero attached hydrogens (tertiary/aromatic N) is 1. The van der Waals surface area contributed by atoms with Gasteiger partial charge in [0.1, 0.15) is 0 Å². The molecule has 0 unspecified atom stereocenters. The maximum atomic E-state index is 5.43. The summed E-state index contributed by atoms with van der Waals surface area (Å²) in [5.74, 6) is 0. The van der Waals surface area contributed by atoms with E-state index in [2.05, 4.69) is 30.2 Å². The summed E-state index contributed by atoms with van der Waals surface area (Å²) >= 11 is 0. The third-order valence-electron chi connectivity index (χ3n) is 1.86. The predicted octanol–water partition coefficient (Wildman–Crippen LogP) is 1.79. The highest BCUT2D eigenvalue weighted by Gasteiger charge is 1.93. The van der Waals surface area contributed by atoms with E-state index in [1.165, 1.54) is 6.42 Å². The number of nitrogens with two attached hydrogens (primary N) is 1. The van der Waals surface area contributed by atoms with Crippen LogP contribution in [-0.2, 0) is 0 Å². The minimum Gasteiger partial charge on any atom is -0.329 e. The Kier molecular flexibility index (Phi) is 9.05. The first-order valence-electron chi connectivity index (χ1n) is 4.97. The Balaban J connectivity index is 3.24. The molecule has 0 bridgehead atoms. The minimum absolute atomic E-state index is 0.755. The fourth-order valence-electron chi connectivity index (χ4n) is 1.10. The van der Waals surface area contributed by atoms with Crippen molar-refractivity contribution < 1.29 is 0 Å². The molecule has 2 heteroatoms. The van der Waals surface area contributed by atoms with Crippen LogP contribution in [-0.4, -0.2) is 31.6 Å². The van der Waals surface area contributed by atoms with Crippen molar-refractivity contribution in [3.05, 3.63) is 24.3 Å². The van der Waals surface area contributed by atoms with Crippen LogP contribution >= 0.6 is 0 Å². The van der Waals surface area contributed by atoms with Crippen molar-refractivity contribution in [2.24, 2.45) is 5.73 Å². The molecule has 0 radical (unpaired) electrons. The maximum absolute atomic E-state index is 5.43. The third-order valence-corrected chi connectivity index (χ3v) is 1.86. The first-order chi connectivity index (χ1) is 6.31. The van der Waals surface area contributed by atoms with Crippen molar-refractivity contribution in [2.45, 2.75) is 19.8 Å². The van der Waals surface area contributed by atoms with Crippen molar-refractivity contribution in [3.63, 3.8) is 0 Å². The first kappa shape index (κ1) is 12.4. The van der Waals surface area contributed by atoms with Gasteiger partial charge in [0.05, 0.1) is 0 Å².